The zero-order valence-corrected chi connectivity index (χ0v) is 29.4. The lowest BCUT2D eigenvalue weighted by molar-refractivity contribution is -0.156. The van der Waals surface area contributed by atoms with Gasteiger partial charge in [0, 0.05) is 18.9 Å². The van der Waals surface area contributed by atoms with Crippen LogP contribution in [0.4, 0.5) is 4.79 Å². The number of alkyl carbamates (subject to hydrolysis) is 1. The van der Waals surface area contributed by atoms with Crippen molar-refractivity contribution in [3.05, 3.63) is 108 Å². The molecule has 13 nitrogen and oxygen atoms in total. The highest BCUT2D eigenvalue weighted by Gasteiger charge is 2.32. The van der Waals surface area contributed by atoms with E-state index in [0.717, 1.165) is 22.3 Å². The zero-order valence-electron chi connectivity index (χ0n) is 29.4. The van der Waals surface area contributed by atoms with E-state index in [1.54, 1.807) is 36.4 Å². The Labute approximate surface area is 308 Å². The monoisotopic (exact) mass is 727 g/mol. The molecule has 3 aromatic rings. The Morgan fingerprint density at radius 1 is 0.868 bits per heavy atom. The molecule has 0 saturated carbocycles. The van der Waals surface area contributed by atoms with Crippen LogP contribution in [-0.2, 0) is 44.7 Å². The third kappa shape index (κ3) is 11.2. The first kappa shape index (κ1) is 38.7. The van der Waals surface area contributed by atoms with Gasteiger partial charge in [0.25, 0.3) is 0 Å². The molecule has 3 atom stereocenters. The molecule has 0 radical (unpaired) electrons. The molecule has 5 rings (SSSR count). The lowest BCUT2D eigenvalue weighted by Gasteiger charge is -2.22. The van der Waals surface area contributed by atoms with Crippen LogP contribution in [0.1, 0.15) is 48.3 Å². The van der Waals surface area contributed by atoms with Crippen LogP contribution in [0.5, 0.6) is 0 Å². The van der Waals surface area contributed by atoms with E-state index in [9.17, 15) is 24.0 Å². The van der Waals surface area contributed by atoms with Gasteiger partial charge in [0.05, 0.1) is 25.7 Å². The van der Waals surface area contributed by atoms with Gasteiger partial charge in [0.2, 0.25) is 11.8 Å². The highest BCUT2D eigenvalue weighted by atomic mass is 16.6. The van der Waals surface area contributed by atoms with Crippen molar-refractivity contribution in [1.29, 1.82) is 0 Å². The minimum absolute atomic E-state index is 0.0491. The molecule has 1 aliphatic carbocycles. The summed E-state index contributed by atoms with van der Waals surface area (Å²) in [5, 5.41) is 16.8. The minimum atomic E-state index is -1.40. The van der Waals surface area contributed by atoms with Gasteiger partial charge < -0.3 is 40.0 Å². The third-order valence-corrected chi connectivity index (χ3v) is 8.95. The number of amides is 3. The SMILES string of the molecule is O=C(C[C@H]1CC=CCC[C@H](NC(=O)OCC2c3ccccc3-c3ccccc32)C(=O)OC[C@H](C(=O)OCc2ccccc2)NC1=O)NCCOCCO. The van der Waals surface area contributed by atoms with Gasteiger partial charge in [-0.15, -0.1) is 0 Å². The number of carbonyl (C=O) groups is 5. The highest BCUT2D eigenvalue weighted by molar-refractivity contribution is 5.89. The van der Waals surface area contributed by atoms with Gasteiger partial charge in [0.1, 0.15) is 25.9 Å². The van der Waals surface area contributed by atoms with Crippen LogP contribution < -0.4 is 16.0 Å². The van der Waals surface area contributed by atoms with Crippen LogP contribution in [-0.4, -0.2) is 86.6 Å². The van der Waals surface area contributed by atoms with Crippen molar-refractivity contribution in [1.82, 2.24) is 16.0 Å². The first-order valence-corrected chi connectivity index (χ1v) is 17.7. The Bertz CT molecular complexity index is 1700. The Hall–Kier alpha value is -5.53. The number of esters is 2. The highest BCUT2D eigenvalue weighted by Crippen LogP contribution is 2.44. The maximum Gasteiger partial charge on any atom is 0.407 e. The number of ether oxygens (including phenoxy) is 4. The standard InChI is InChI=1S/C40H45N3O10/c44-20-22-50-21-19-41-36(45)23-28-13-5-2-6-18-34(38(47)52-26-35(42-37(28)46)39(48)51-24-27-11-3-1-4-12-27)43-40(49)53-25-33-31-16-9-7-14-29(31)30-15-8-10-17-32(30)33/h1-5,7-12,14-17,28,33-35,44H,6,13,18-26H2,(H,41,45)(H,42,46)(H,43,49)/t28-,34+,35-/m1/s1. The topological polar surface area (TPSA) is 179 Å². The van der Waals surface area contributed by atoms with Crippen LogP contribution in [0.2, 0.25) is 0 Å². The number of cyclic esters (lactones) is 1. The molecule has 2 aliphatic rings. The number of carbonyl (C=O) groups excluding carboxylic acids is 5. The van der Waals surface area contributed by atoms with Crippen molar-refractivity contribution in [3.63, 3.8) is 0 Å². The summed E-state index contributed by atoms with van der Waals surface area (Å²) < 4.78 is 21.8. The number of rotatable bonds is 13. The number of fused-ring (bicyclic) bond motifs is 3. The number of benzene rings is 3. The van der Waals surface area contributed by atoms with Crippen molar-refractivity contribution >= 4 is 29.8 Å². The van der Waals surface area contributed by atoms with E-state index in [1.165, 1.54) is 0 Å². The predicted molar refractivity (Wildman–Crippen MR) is 193 cm³/mol. The van der Waals surface area contributed by atoms with Gasteiger partial charge in [-0.25, -0.2) is 14.4 Å². The molecule has 1 aliphatic heterocycles. The van der Waals surface area contributed by atoms with Gasteiger partial charge in [-0.2, -0.15) is 0 Å². The van der Waals surface area contributed by atoms with Crippen molar-refractivity contribution in [2.75, 3.05) is 39.6 Å². The molecule has 280 valence electrons. The van der Waals surface area contributed by atoms with E-state index in [1.807, 2.05) is 54.6 Å². The summed E-state index contributed by atoms with van der Waals surface area (Å²) in [5.74, 6) is -3.71. The summed E-state index contributed by atoms with van der Waals surface area (Å²) in [4.78, 5) is 66.0. The van der Waals surface area contributed by atoms with E-state index in [-0.39, 0.29) is 64.8 Å². The predicted octanol–water partition coefficient (Wildman–Crippen LogP) is 3.54. The Morgan fingerprint density at radius 2 is 1.57 bits per heavy atom. The quantitative estimate of drug-likeness (QED) is 0.0882. The molecule has 3 aromatic carbocycles. The number of hydrogen-bond donors (Lipinski definition) is 4. The van der Waals surface area contributed by atoms with Crippen LogP contribution in [0.15, 0.2) is 91.0 Å². The lowest BCUT2D eigenvalue weighted by Crippen LogP contribution is -2.49. The van der Waals surface area contributed by atoms with Crippen molar-refractivity contribution < 1.29 is 48.0 Å². The minimum Gasteiger partial charge on any atom is -0.461 e. The third-order valence-electron chi connectivity index (χ3n) is 8.95. The van der Waals surface area contributed by atoms with E-state index >= 15 is 0 Å². The van der Waals surface area contributed by atoms with E-state index < -0.39 is 54.5 Å². The summed E-state index contributed by atoms with van der Waals surface area (Å²) in [6.07, 6.45) is 3.11. The Balaban J connectivity index is 1.25. The lowest BCUT2D eigenvalue weighted by atomic mass is 9.98. The number of aliphatic hydroxyl groups excluding tert-OH is 1. The maximum atomic E-state index is 13.5. The van der Waals surface area contributed by atoms with Crippen LogP contribution in [0.3, 0.4) is 0 Å². The van der Waals surface area contributed by atoms with Gasteiger partial charge in [-0.1, -0.05) is 91.0 Å². The maximum absolute atomic E-state index is 13.5. The molecular formula is C40H45N3O10. The fourth-order valence-corrected chi connectivity index (χ4v) is 6.23. The molecule has 1 heterocycles. The molecule has 3 amide bonds. The second-order valence-corrected chi connectivity index (χ2v) is 12.7. The number of nitrogens with one attached hydrogen (secondary N) is 3. The summed E-state index contributed by atoms with van der Waals surface area (Å²) in [6, 6.07) is 22.3. The molecule has 0 aromatic heterocycles. The summed E-state index contributed by atoms with van der Waals surface area (Å²) in [7, 11) is 0. The second-order valence-electron chi connectivity index (χ2n) is 12.7. The average Bonchev–Trinajstić information content (AvgIpc) is 3.50. The molecule has 0 fully saturated rings. The van der Waals surface area contributed by atoms with Crippen LogP contribution in [0, 0.1) is 5.92 Å². The molecule has 0 spiro atoms. The van der Waals surface area contributed by atoms with Crippen molar-refractivity contribution in [2.24, 2.45) is 5.92 Å². The number of allylic oxidation sites excluding steroid dienone is 2. The number of hydrogen-bond acceptors (Lipinski definition) is 10. The Kier molecular flexibility index (Phi) is 14.5. The van der Waals surface area contributed by atoms with Gasteiger partial charge >= 0.3 is 18.0 Å². The number of aliphatic hydroxyl groups is 1. The fraction of sp³-hybridized carbons (Fsp3) is 0.375. The van der Waals surface area contributed by atoms with E-state index in [0.29, 0.717) is 12.0 Å². The molecule has 53 heavy (non-hydrogen) atoms. The van der Waals surface area contributed by atoms with Crippen molar-refractivity contribution in [2.45, 2.75) is 50.3 Å². The molecule has 0 unspecified atom stereocenters. The smallest absolute Gasteiger partial charge is 0.407 e. The molecule has 13 heteroatoms. The van der Waals surface area contributed by atoms with Crippen molar-refractivity contribution in [3.8, 4) is 11.1 Å². The van der Waals surface area contributed by atoms with Gasteiger partial charge in [-0.3, -0.25) is 9.59 Å². The zero-order chi connectivity index (χ0) is 37.4. The molecular weight excluding hydrogens is 682 g/mol. The van der Waals surface area contributed by atoms with Gasteiger partial charge in [0.15, 0.2) is 6.04 Å². The first-order chi connectivity index (χ1) is 25.8. The van der Waals surface area contributed by atoms with E-state index in [2.05, 4.69) is 16.0 Å². The molecule has 0 saturated heterocycles. The fourth-order valence-electron chi connectivity index (χ4n) is 6.23. The van der Waals surface area contributed by atoms with Crippen LogP contribution >= 0.6 is 0 Å². The molecule has 0 bridgehead atoms. The average molecular weight is 728 g/mol. The Morgan fingerprint density at radius 3 is 2.28 bits per heavy atom. The second kappa shape index (κ2) is 19.9. The van der Waals surface area contributed by atoms with Gasteiger partial charge in [-0.05, 0) is 47.1 Å². The largest absolute Gasteiger partial charge is 0.461 e. The normalized spacial score (nSPS) is 18.8. The van der Waals surface area contributed by atoms with Crippen LogP contribution in [0.25, 0.3) is 11.1 Å². The van der Waals surface area contributed by atoms with E-state index in [4.69, 9.17) is 24.1 Å². The molecule has 4 N–H and O–H groups in total. The summed E-state index contributed by atoms with van der Waals surface area (Å²) in [5.41, 5.74) is 4.96. The first-order valence-electron chi connectivity index (χ1n) is 17.7. The summed E-state index contributed by atoms with van der Waals surface area (Å²) in [6.45, 7) is -0.235. The summed E-state index contributed by atoms with van der Waals surface area (Å²) >= 11 is 0.